The van der Waals surface area contributed by atoms with Gasteiger partial charge < -0.3 is 9.16 Å². The Balaban J connectivity index is 2.35. The highest BCUT2D eigenvalue weighted by Crippen LogP contribution is 2.65. The fraction of sp³-hybridized carbons (Fsp3) is 0.941. The third kappa shape index (κ3) is 2.48. The minimum absolute atomic E-state index is 0.0677. The van der Waals surface area contributed by atoms with Crippen molar-refractivity contribution < 1.29 is 14.0 Å². The van der Waals surface area contributed by atoms with Crippen LogP contribution in [0.15, 0.2) is 0 Å². The second-order valence-electron chi connectivity index (χ2n) is 8.80. The summed E-state index contributed by atoms with van der Waals surface area (Å²) in [4.78, 5) is 12.2. The monoisotopic (exact) mass is 312 g/mol. The molecular weight excluding hydrogens is 280 g/mol. The second kappa shape index (κ2) is 5.09. The first-order chi connectivity index (χ1) is 9.49. The Kier molecular flexibility index (Phi) is 4.12. The Labute approximate surface area is 130 Å². The third-order valence-corrected chi connectivity index (χ3v) is 11.0. The van der Waals surface area contributed by atoms with Gasteiger partial charge in [0.1, 0.15) is 0 Å². The standard InChI is InChI=1S/C17H32O3Si/c1-15(2,3)21(6,7)20-17-11-9-8-10-16(17,4)12-13(17)14(18)19-5/h13H,8-12H2,1-7H3/t13?,16-,17-/m0/s1. The van der Waals surface area contributed by atoms with Crippen molar-refractivity contribution in [3.63, 3.8) is 0 Å². The Morgan fingerprint density at radius 1 is 1.19 bits per heavy atom. The largest absolute Gasteiger partial charge is 0.469 e. The van der Waals surface area contributed by atoms with Crippen molar-refractivity contribution in [1.29, 1.82) is 0 Å². The van der Waals surface area contributed by atoms with Crippen molar-refractivity contribution in [2.24, 2.45) is 11.3 Å². The van der Waals surface area contributed by atoms with Crippen LogP contribution >= 0.6 is 0 Å². The minimum atomic E-state index is -1.91. The molecule has 0 N–H and O–H groups in total. The van der Waals surface area contributed by atoms with Crippen LogP contribution in [0, 0.1) is 11.3 Å². The van der Waals surface area contributed by atoms with Gasteiger partial charge >= 0.3 is 5.97 Å². The summed E-state index contributed by atoms with van der Waals surface area (Å²) in [7, 11) is -0.410. The van der Waals surface area contributed by atoms with Crippen molar-refractivity contribution in [3.05, 3.63) is 0 Å². The number of carbonyl (C=O) groups is 1. The lowest BCUT2D eigenvalue weighted by Gasteiger charge is -2.66. The molecular formula is C17H32O3Si. The van der Waals surface area contributed by atoms with Crippen LogP contribution < -0.4 is 0 Å². The Morgan fingerprint density at radius 3 is 2.24 bits per heavy atom. The van der Waals surface area contributed by atoms with E-state index < -0.39 is 8.32 Å². The van der Waals surface area contributed by atoms with E-state index >= 15 is 0 Å². The fourth-order valence-electron chi connectivity index (χ4n) is 4.04. The van der Waals surface area contributed by atoms with Gasteiger partial charge in [-0.25, -0.2) is 0 Å². The minimum Gasteiger partial charge on any atom is -0.469 e. The Hall–Kier alpha value is -0.353. The molecule has 2 saturated carbocycles. The second-order valence-corrected chi connectivity index (χ2v) is 13.5. The molecule has 0 spiro atoms. The van der Waals surface area contributed by atoms with Gasteiger partial charge in [-0.3, -0.25) is 4.79 Å². The van der Waals surface area contributed by atoms with E-state index in [0.717, 1.165) is 19.3 Å². The average molecular weight is 313 g/mol. The van der Waals surface area contributed by atoms with E-state index in [1.807, 2.05) is 0 Å². The lowest BCUT2D eigenvalue weighted by molar-refractivity contribution is -0.228. The van der Waals surface area contributed by atoms with Gasteiger partial charge in [0.2, 0.25) is 0 Å². The van der Waals surface area contributed by atoms with Crippen LogP contribution in [0.2, 0.25) is 18.1 Å². The smallest absolute Gasteiger partial charge is 0.311 e. The molecule has 0 aliphatic heterocycles. The molecule has 0 amide bonds. The topological polar surface area (TPSA) is 35.5 Å². The SMILES string of the molecule is COC(=O)C1C[C@]2(C)CCCC[C@]12O[Si](C)(C)C(C)(C)C. The van der Waals surface area contributed by atoms with Gasteiger partial charge in [-0.2, -0.15) is 0 Å². The van der Waals surface area contributed by atoms with Crippen molar-refractivity contribution in [3.8, 4) is 0 Å². The molecule has 2 aliphatic rings. The van der Waals surface area contributed by atoms with Crippen LogP contribution in [0.25, 0.3) is 0 Å². The van der Waals surface area contributed by atoms with Crippen molar-refractivity contribution in [2.75, 3.05) is 7.11 Å². The van der Waals surface area contributed by atoms with Gasteiger partial charge in [-0.1, -0.05) is 40.5 Å². The molecule has 2 fully saturated rings. The number of esters is 1. The molecule has 21 heavy (non-hydrogen) atoms. The molecule has 0 aromatic carbocycles. The van der Waals surface area contributed by atoms with E-state index in [1.54, 1.807) is 0 Å². The van der Waals surface area contributed by atoms with Gasteiger partial charge in [0, 0.05) is 0 Å². The Bertz CT molecular complexity index is 426. The fourth-order valence-corrected chi connectivity index (χ4v) is 5.75. The molecule has 3 atom stereocenters. The summed E-state index contributed by atoms with van der Waals surface area (Å²) in [5.41, 5.74) is -0.124. The first-order valence-electron chi connectivity index (χ1n) is 8.27. The summed E-state index contributed by atoms with van der Waals surface area (Å²) >= 11 is 0. The van der Waals surface area contributed by atoms with Crippen LogP contribution in [0.3, 0.4) is 0 Å². The predicted molar refractivity (Wildman–Crippen MR) is 87.7 cm³/mol. The number of fused-ring (bicyclic) bond motifs is 1. The van der Waals surface area contributed by atoms with Gasteiger partial charge in [0.15, 0.2) is 8.32 Å². The summed E-state index contributed by atoms with van der Waals surface area (Å²) in [5.74, 6) is -0.144. The molecule has 0 aromatic rings. The van der Waals surface area contributed by atoms with Crippen LogP contribution in [0.4, 0.5) is 0 Å². The van der Waals surface area contributed by atoms with Crippen LogP contribution in [-0.2, 0) is 14.0 Å². The molecule has 2 rings (SSSR count). The maximum absolute atomic E-state index is 12.2. The molecule has 4 heteroatoms. The Morgan fingerprint density at radius 2 is 1.76 bits per heavy atom. The van der Waals surface area contributed by atoms with Crippen molar-refractivity contribution in [2.45, 2.75) is 83.5 Å². The van der Waals surface area contributed by atoms with E-state index in [1.165, 1.54) is 20.0 Å². The number of carbonyl (C=O) groups excluding carboxylic acids is 1. The van der Waals surface area contributed by atoms with E-state index in [-0.39, 0.29) is 27.9 Å². The first-order valence-corrected chi connectivity index (χ1v) is 11.2. The van der Waals surface area contributed by atoms with Crippen molar-refractivity contribution >= 4 is 14.3 Å². The third-order valence-electron chi connectivity index (χ3n) is 6.50. The van der Waals surface area contributed by atoms with Crippen molar-refractivity contribution in [1.82, 2.24) is 0 Å². The summed E-state index contributed by atoms with van der Waals surface area (Å²) < 4.78 is 12.0. The first kappa shape index (κ1) is 17.0. The summed E-state index contributed by atoms with van der Waals surface area (Å²) in [6.07, 6.45) is 5.53. The van der Waals surface area contributed by atoms with E-state index in [2.05, 4.69) is 40.8 Å². The van der Waals surface area contributed by atoms with Crippen LogP contribution in [0.5, 0.6) is 0 Å². The maximum atomic E-state index is 12.2. The molecule has 2 aliphatic carbocycles. The quantitative estimate of drug-likeness (QED) is 0.568. The van der Waals surface area contributed by atoms with E-state index in [4.69, 9.17) is 9.16 Å². The molecule has 3 nitrogen and oxygen atoms in total. The highest BCUT2D eigenvalue weighted by molar-refractivity contribution is 6.74. The van der Waals surface area contributed by atoms with Gasteiger partial charge in [-0.15, -0.1) is 0 Å². The maximum Gasteiger partial charge on any atom is 0.311 e. The summed E-state index contributed by atoms with van der Waals surface area (Å²) in [6, 6.07) is 0. The zero-order valence-corrected chi connectivity index (χ0v) is 15.8. The highest BCUT2D eigenvalue weighted by atomic mass is 28.4. The molecule has 0 heterocycles. The van der Waals surface area contributed by atoms with Gasteiger partial charge in [0.25, 0.3) is 0 Å². The molecule has 1 unspecified atom stereocenters. The molecule has 0 saturated heterocycles. The number of methoxy groups -OCH3 is 1. The summed E-state index contributed by atoms with van der Waals surface area (Å²) in [6.45, 7) is 13.7. The molecule has 0 radical (unpaired) electrons. The summed E-state index contributed by atoms with van der Waals surface area (Å²) in [5, 5.41) is 0.163. The average Bonchev–Trinajstić information content (AvgIpc) is 2.35. The number of hydrogen-bond donors (Lipinski definition) is 0. The van der Waals surface area contributed by atoms with E-state index in [0.29, 0.717) is 0 Å². The van der Waals surface area contributed by atoms with Gasteiger partial charge in [0.05, 0.1) is 18.6 Å². The lowest BCUT2D eigenvalue weighted by Crippen LogP contribution is -2.71. The molecule has 0 bridgehead atoms. The lowest BCUT2D eigenvalue weighted by atomic mass is 9.46. The zero-order chi connectivity index (χ0) is 16.1. The normalized spacial score (nSPS) is 36.6. The predicted octanol–water partition coefficient (Wildman–Crippen LogP) is 4.52. The highest BCUT2D eigenvalue weighted by Gasteiger charge is 2.68. The number of hydrogen-bond acceptors (Lipinski definition) is 3. The van der Waals surface area contributed by atoms with E-state index in [9.17, 15) is 4.79 Å². The number of ether oxygens (including phenoxy) is 1. The van der Waals surface area contributed by atoms with Crippen LogP contribution in [-0.4, -0.2) is 27.0 Å². The molecule has 122 valence electrons. The molecule has 0 aromatic heterocycles. The zero-order valence-electron chi connectivity index (χ0n) is 14.8. The van der Waals surface area contributed by atoms with Crippen LogP contribution in [0.1, 0.15) is 59.8 Å². The number of rotatable bonds is 3. The van der Waals surface area contributed by atoms with Gasteiger partial charge in [-0.05, 0) is 42.8 Å².